The fourth-order valence-electron chi connectivity index (χ4n) is 4.03. The summed E-state index contributed by atoms with van der Waals surface area (Å²) in [6.45, 7) is 2.02. The molecule has 0 aliphatic carbocycles. The molecule has 4 aromatic rings. The number of nitrogens with one attached hydrogen (secondary N) is 1. The minimum absolute atomic E-state index is 0.269. The van der Waals surface area contributed by atoms with Gasteiger partial charge >= 0.3 is 5.97 Å². The third kappa shape index (κ3) is 5.57. The van der Waals surface area contributed by atoms with E-state index in [2.05, 4.69) is 10.3 Å². The maximum Gasteiger partial charge on any atom is 0.310 e. The van der Waals surface area contributed by atoms with Gasteiger partial charge in [-0.1, -0.05) is 72.8 Å². The summed E-state index contributed by atoms with van der Waals surface area (Å²) in [5, 5.41) is 14.7. The number of hydrogen-bond acceptors (Lipinski definition) is 5. The molecule has 0 bridgehead atoms. The van der Waals surface area contributed by atoms with Crippen molar-refractivity contribution in [3.63, 3.8) is 0 Å². The predicted octanol–water partition coefficient (Wildman–Crippen LogP) is 6.50. The topological polar surface area (TPSA) is 88.0 Å². The van der Waals surface area contributed by atoms with E-state index in [0.717, 1.165) is 21.9 Å². The molecular weight excluding hydrogens is 484 g/mol. The molecule has 1 aliphatic rings. The van der Waals surface area contributed by atoms with E-state index in [-0.39, 0.29) is 5.91 Å². The quantitative estimate of drug-likeness (QED) is 0.278. The van der Waals surface area contributed by atoms with Crippen LogP contribution in [-0.2, 0) is 16.2 Å². The number of amidine groups is 1. The lowest BCUT2D eigenvalue weighted by Gasteiger charge is -2.12. The van der Waals surface area contributed by atoms with Gasteiger partial charge in [0.25, 0.3) is 5.91 Å². The number of aliphatic imine (C=N–C) groups is 1. The summed E-state index contributed by atoms with van der Waals surface area (Å²) >= 11 is 1.21. The molecule has 4 aromatic carbocycles. The van der Waals surface area contributed by atoms with Gasteiger partial charge in [-0.2, -0.15) is 0 Å². The van der Waals surface area contributed by atoms with Gasteiger partial charge in [-0.3, -0.25) is 9.59 Å². The smallest absolute Gasteiger partial charge is 0.310 e. The third-order valence-corrected chi connectivity index (χ3v) is 6.96. The van der Waals surface area contributed by atoms with Gasteiger partial charge in [-0.15, -0.1) is 0 Å². The van der Waals surface area contributed by atoms with Crippen LogP contribution in [-0.4, -0.2) is 22.2 Å². The number of hydrogen-bond donors (Lipinski definition) is 2. The number of ether oxygens (including phenoxy) is 1. The normalized spacial score (nSPS) is 16.2. The summed E-state index contributed by atoms with van der Waals surface area (Å²) in [5.74, 6) is -1.25. The molecule has 6 nitrogen and oxygen atoms in total. The van der Waals surface area contributed by atoms with E-state index in [1.807, 2.05) is 66.7 Å². The highest BCUT2D eigenvalue weighted by atomic mass is 32.2. The second-order valence-electron chi connectivity index (χ2n) is 8.61. The average molecular weight is 509 g/mol. The maximum absolute atomic E-state index is 12.8. The molecule has 0 saturated carbocycles. The number of thioether (sulfide) groups is 1. The average Bonchev–Trinajstić information content (AvgIpc) is 3.26. The lowest BCUT2D eigenvalue weighted by atomic mass is 10.00. The number of carbonyl (C=O) groups excluding carboxylic acids is 1. The molecule has 37 heavy (non-hydrogen) atoms. The number of para-hydroxylation sites is 1. The molecule has 1 heterocycles. The number of amides is 1. The van der Waals surface area contributed by atoms with Crippen molar-refractivity contribution in [3.05, 3.63) is 113 Å². The predicted molar refractivity (Wildman–Crippen MR) is 148 cm³/mol. The SMILES string of the molecule is CC(C(=O)O)c1ccccc1N=C1NC(=O)C(=Cc2cc3ccccc3cc2OCc2ccccc2)S1. The van der Waals surface area contributed by atoms with Gasteiger partial charge in [-0.25, -0.2) is 4.99 Å². The first-order valence-electron chi connectivity index (χ1n) is 11.8. The van der Waals surface area contributed by atoms with E-state index in [1.165, 1.54) is 11.8 Å². The molecule has 1 amide bonds. The van der Waals surface area contributed by atoms with Crippen LogP contribution in [0.25, 0.3) is 16.8 Å². The molecular formula is C30H24N2O4S. The Labute approximate surface area is 218 Å². The van der Waals surface area contributed by atoms with Crippen LogP contribution in [0.1, 0.15) is 29.5 Å². The lowest BCUT2D eigenvalue weighted by molar-refractivity contribution is -0.138. The molecule has 7 heteroatoms. The number of benzene rings is 4. The molecule has 0 radical (unpaired) electrons. The Morgan fingerprint density at radius 3 is 2.43 bits per heavy atom. The van der Waals surface area contributed by atoms with Crippen molar-refractivity contribution in [2.24, 2.45) is 4.99 Å². The van der Waals surface area contributed by atoms with Crippen molar-refractivity contribution in [1.29, 1.82) is 0 Å². The fourth-order valence-corrected chi connectivity index (χ4v) is 4.86. The molecule has 0 spiro atoms. The minimum atomic E-state index is -0.935. The first kappa shape index (κ1) is 24.3. The first-order chi connectivity index (χ1) is 18.0. The standard InChI is InChI=1S/C30H24N2O4S/c1-19(29(34)35)24-13-7-8-14-25(24)31-30-32-28(33)27(37-30)17-23-15-21-11-5-6-12-22(21)16-26(23)36-18-20-9-3-2-4-10-20/h2-17,19H,18H2,1H3,(H,34,35)(H,31,32,33). The Balaban J connectivity index is 1.46. The van der Waals surface area contributed by atoms with Crippen LogP contribution in [0.15, 0.2) is 101 Å². The largest absolute Gasteiger partial charge is 0.488 e. The van der Waals surface area contributed by atoms with Crippen LogP contribution in [0.5, 0.6) is 5.75 Å². The molecule has 2 N–H and O–H groups in total. The Kier molecular flexibility index (Phi) is 7.05. The summed E-state index contributed by atoms with van der Waals surface area (Å²) in [7, 11) is 0. The molecule has 0 aromatic heterocycles. The van der Waals surface area contributed by atoms with Crippen molar-refractivity contribution in [2.75, 3.05) is 0 Å². The van der Waals surface area contributed by atoms with E-state index < -0.39 is 11.9 Å². The van der Waals surface area contributed by atoms with Crippen molar-refractivity contribution in [1.82, 2.24) is 5.32 Å². The molecule has 184 valence electrons. The van der Waals surface area contributed by atoms with Gasteiger partial charge in [0.15, 0.2) is 5.17 Å². The number of aliphatic carboxylic acids is 1. The van der Waals surface area contributed by atoms with E-state index in [0.29, 0.717) is 33.7 Å². The van der Waals surface area contributed by atoms with E-state index >= 15 is 0 Å². The van der Waals surface area contributed by atoms with Gasteiger partial charge in [0.1, 0.15) is 12.4 Å². The number of carboxylic acids is 1. The zero-order chi connectivity index (χ0) is 25.8. The van der Waals surface area contributed by atoms with Crippen molar-refractivity contribution >= 4 is 51.3 Å². The number of carbonyl (C=O) groups is 2. The fraction of sp³-hybridized carbons (Fsp3) is 0.100. The summed E-state index contributed by atoms with van der Waals surface area (Å²) in [6, 6.07) is 29.0. The zero-order valence-electron chi connectivity index (χ0n) is 20.0. The molecule has 1 fully saturated rings. The van der Waals surface area contributed by atoms with Crippen LogP contribution in [0.2, 0.25) is 0 Å². The highest BCUT2D eigenvalue weighted by Crippen LogP contribution is 2.35. The van der Waals surface area contributed by atoms with Gasteiger partial charge in [0.2, 0.25) is 0 Å². The molecule has 5 rings (SSSR count). The molecule has 1 saturated heterocycles. The second-order valence-corrected chi connectivity index (χ2v) is 9.64. The number of nitrogens with zero attached hydrogens (tertiary/aromatic N) is 1. The molecule has 1 unspecified atom stereocenters. The highest BCUT2D eigenvalue weighted by Gasteiger charge is 2.25. The van der Waals surface area contributed by atoms with Crippen molar-refractivity contribution in [2.45, 2.75) is 19.4 Å². The van der Waals surface area contributed by atoms with E-state index in [4.69, 9.17) is 4.74 Å². The van der Waals surface area contributed by atoms with Crippen LogP contribution >= 0.6 is 11.8 Å². The lowest BCUT2D eigenvalue weighted by Crippen LogP contribution is -2.19. The Morgan fingerprint density at radius 1 is 1.00 bits per heavy atom. The number of fused-ring (bicyclic) bond motifs is 1. The summed E-state index contributed by atoms with van der Waals surface area (Å²) in [6.07, 6.45) is 1.81. The third-order valence-electron chi connectivity index (χ3n) is 6.05. The van der Waals surface area contributed by atoms with E-state index in [9.17, 15) is 14.7 Å². The Bertz CT molecular complexity index is 1550. The van der Waals surface area contributed by atoms with Crippen LogP contribution < -0.4 is 10.1 Å². The summed E-state index contributed by atoms with van der Waals surface area (Å²) in [4.78, 5) is 29.4. The summed E-state index contributed by atoms with van der Waals surface area (Å²) in [5.41, 5.74) is 2.93. The summed E-state index contributed by atoms with van der Waals surface area (Å²) < 4.78 is 6.19. The first-order valence-corrected chi connectivity index (χ1v) is 12.6. The highest BCUT2D eigenvalue weighted by molar-refractivity contribution is 8.18. The number of carboxylic acid groups (broad SMARTS) is 1. The van der Waals surface area contributed by atoms with Crippen molar-refractivity contribution < 1.29 is 19.4 Å². The van der Waals surface area contributed by atoms with E-state index in [1.54, 1.807) is 37.3 Å². The zero-order valence-corrected chi connectivity index (χ0v) is 20.9. The van der Waals surface area contributed by atoms with Crippen LogP contribution in [0, 0.1) is 0 Å². The number of rotatable bonds is 7. The van der Waals surface area contributed by atoms with Gasteiger partial charge < -0.3 is 15.2 Å². The monoisotopic (exact) mass is 508 g/mol. The maximum atomic E-state index is 12.8. The van der Waals surface area contributed by atoms with Crippen LogP contribution in [0.3, 0.4) is 0 Å². The minimum Gasteiger partial charge on any atom is -0.488 e. The molecule has 1 atom stereocenters. The Morgan fingerprint density at radius 2 is 1.68 bits per heavy atom. The van der Waals surface area contributed by atoms with Gasteiger partial charge in [0, 0.05) is 5.56 Å². The van der Waals surface area contributed by atoms with Crippen molar-refractivity contribution in [3.8, 4) is 5.75 Å². The van der Waals surface area contributed by atoms with Gasteiger partial charge in [0.05, 0.1) is 16.5 Å². The van der Waals surface area contributed by atoms with Gasteiger partial charge in [-0.05, 0) is 64.9 Å². The van der Waals surface area contributed by atoms with Crippen LogP contribution in [0.4, 0.5) is 5.69 Å². The Hall–Kier alpha value is -4.36. The second kappa shape index (κ2) is 10.7. The molecule has 1 aliphatic heterocycles.